The molecule has 6 aromatic carbocycles. The van der Waals surface area contributed by atoms with Gasteiger partial charge in [0.1, 0.15) is 28.5 Å². The molecule has 7 rings (SSSR count). The first-order valence-electron chi connectivity index (χ1n) is 13.0. The van der Waals surface area contributed by atoms with Crippen molar-refractivity contribution >= 4 is 74.7 Å². The van der Waals surface area contributed by atoms with E-state index >= 15 is 0 Å². The Balaban J connectivity index is 0.00000161. The zero-order valence-electron chi connectivity index (χ0n) is 22.1. The molecule has 0 unspecified atom stereocenters. The average molecular weight is 709 g/mol. The van der Waals surface area contributed by atoms with E-state index in [0.717, 1.165) is 0 Å². The van der Waals surface area contributed by atoms with Crippen LogP contribution in [0.3, 0.4) is 0 Å². The van der Waals surface area contributed by atoms with Crippen LogP contribution in [0.25, 0.3) is 27.5 Å². The van der Waals surface area contributed by atoms with Crippen molar-refractivity contribution in [2.75, 3.05) is 0 Å². The van der Waals surface area contributed by atoms with Gasteiger partial charge in [-0.3, -0.25) is 0 Å². The fourth-order valence-corrected chi connectivity index (χ4v) is 10.1. The van der Waals surface area contributed by atoms with Crippen LogP contribution in [0.5, 0.6) is 0 Å². The molecule has 0 aliphatic heterocycles. The molecule has 0 saturated heterocycles. The molecule has 1 heterocycles. The quantitative estimate of drug-likeness (QED) is 0.191. The van der Waals surface area contributed by atoms with Gasteiger partial charge in [0, 0.05) is 16.5 Å². The van der Waals surface area contributed by atoms with Crippen molar-refractivity contribution in [1.82, 2.24) is 4.57 Å². The third-order valence-electron chi connectivity index (χ3n) is 7.49. The number of halogens is 1. The average Bonchev–Trinajstić information content (AvgIpc) is 3.34. The molecule has 7 aromatic rings. The predicted molar refractivity (Wildman–Crippen MR) is 176 cm³/mol. The number of rotatable bonds is 5. The second-order valence-corrected chi connectivity index (χ2v) is 13.0. The number of aromatic nitrogens is 1. The summed E-state index contributed by atoms with van der Waals surface area (Å²) >= 11 is 0. The van der Waals surface area contributed by atoms with Crippen LogP contribution < -0.4 is 38.2 Å². The summed E-state index contributed by atoms with van der Waals surface area (Å²) in [7, 11) is -2.16. The summed E-state index contributed by atoms with van der Waals surface area (Å²) in [5.41, 5.74) is 3.64. The summed E-state index contributed by atoms with van der Waals surface area (Å²) in [4.78, 5) is 0. The van der Waals surface area contributed by atoms with Gasteiger partial charge in [-0.05, 0) is 72.8 Å². The molecule has 4 heteroatoms. The summed E-state index contributed by atoms with van der Waals surface area (Å²) in [5.74, 6) is 0. The summed E-state index contributed by atoms with van der Waals surface area (Å²) in [6.45, 7) is 0. The van der Waals surface area contributed by atoms with E-state index in [4.69, 9.17) is 0 Å². The van der Waals surface area contributed by atoms with E-state index in [2.05, 4.69) is 168 Å². The zero-order chi connectivity index (χ0) is 25.4. The SMILES string of the molecule is [Br-].[SbH3].c1ccc(-n2c3ccccc3c3cc([P+](c4ccccc4)(c4ccccc4)c4ccccc4)ccc32)cc1. The molecule has 0 aliphatic carbocycles. The molecule has 0 radical (unpaired) electrons. The standard InChI is InChI=1S/C36H27NP.BrH.Sb.3H/c1-5-15-28(16-6-1)37-35-24-14-13-23-33(35)34-27-32(25-26-36(34)37)38(29-17-7-2-8-18-29,30-19-9-3-10-20-30)31-21-11-4-12-22-31;;;;;/h1-27H;1H;;;;/q+1;;;;;/p-1. The van der Waals surface area contributed by atoms with Gasteiger partial charge >= 0.3 is 24.4 Å². The van der Waals surface area contributed by atoms with Crippen LogP contribution in [-0.2, 0) is 0 Å². The molecule has 0 N–H and O–H groups in total. The second-order valence-electron chi connectivity index (χ2n) is 9.57. The first-order valence-corrected chi connectivity index (χ1v) is 14.8. The van der Waals surface area contributed by atoms with Crippen molar-refractivity contribution in [1.29, 1.82) is 0 Å². The smallest absolute Gasteiger partial charge is 0.144 e. The van der Waals surface area contributed by atoms with Crippen molar-refractivity contribution in [2.45, 2.75) is 0 Å². The first-order chi connectivity index (χ1) is 18.9. The van der Waals surface area contributed by atoms with E-state index in [1.807, 2.05) is 0 Å². The minimum Gasteiger partial charge on any atom is -0.309 e. The van der Waals surface area contributed by atoms with Crippen LogP contribution in [-0.4, -0.2) is 29.0 Å². The summed E-state index contributed by atoms with van der Waals surface area (Å²) in [6.07, 6.45) is 0. The van der Waals surface area contributed by atoms with E-state index in [1.165, 1.54) is 48.7 Å². The topological polar surface area (TPSA) is 4.93 Å². The van der Waals surface area contributed by atoms with E-state index in [0.29, 0.717) is 0 Å². The number of fused-ring (bicyclic) bond motifs is 3. The largest absolute Gasteiger partial charge is 0.309 e. The van der Waals surface area contributed by atoms with E-state index in [1.54, 1.807) is 0 Å². The van der Waals surface area contributed by atoms with Crippen molar-refractivity contribution in [3.63, 3.8) is 0 Å². The second kappa shape index (κ2) is 12.2. The maximum Gasteiger partial charge on any atom is 0.144 e. The third-order valence-corrected chi connectivity index (χ3v) is 11.8. The first kappa shape index (κ1) is 28.4. The van der Waals surface area contributed by atoms with Crippen LogP contribution in [0.1, 0.15) is 0 Å². The van der Waals surface area contributed by atoms with Gasteiger partial charge in [-0.1, -0.05) is 91.0 Å². The molecule has 0 amide bonds. The van der Waals surface area contributed by atoms with Crippen LogP contribution in [0, 0.1) is 0 Å². The van der Waals surface area contributed by atoms with Gasteiger partial charge in [0.05, 0.1) is 11.0 Å². The van der Waals surface area contributed by atoms with Crippen molar-refractivity contribution < 1.29 is 17.0 Å². The maximum absolute atomic E-state index is 2.47. The maximum atomic E-state index is 2.47. The number of hydrogen-bond donors (Lipinski definition) is 0. The van der Waals surface area contributed by atoms with Crippen LogP contribution in [0.15, 0.2) is 164 Å². The Labute approximate surface area is 264 Å². The molecular weight excluding hydrogens is 679 g/mol. The normalized spacial score (nSPS) is 11.1. The number of hydrogen-bond acceptors (Lipinski definition) is 0. The minimum atomic E-state index is -2.16. The number of benzene rings is 6. The van der Waals surface area contributed by atoms with Gasteiger partial charge in [-0.2, -0.15) is 0 Å². The molecule has 0 atom stereocenters. The number of nitrogens with zero attached hydrogens (tertiary/aromatic N) is 1. The Morgan fingerprint density at radius 2 is 0.800 bits per heavy atom. The van der Waals surface area contributed by atoms with Gasteiger partial charge in [0.2, 0.25) is 0 Å². The zero-order valence-corrected chi connectivity index (χ0v) is 28.6. The minimum absolute atomic E-state index is 0. The molecule has 0 spiro atoms. The molecule has 0 aliphatic rings. The van der Waals surface area contributed by atoms with Crippen molar-refractivity contribution in [3.8, 4) is 5.69 Å². The molecule has 196 valence electrons. The van der Waals surface area contributed by atoms with Crippen LogP contribution in [0.2, 0.25) is 0 Å². The number of para-hydroxylation sites is 2. The Morgan fingerprint density at radius 1 is 0.375 bits per heavy atom. The van der Waals surface area contributed by atoms with Crippen molar-refractivity contribution in [2.24, 2.45) is 0 Å². The summed E-state index contributed by atoms with van der Waals surface area (Å²) < 4.78 is 2.39. The molecule has 0 saturated carbocycles. The van der Waals surface area contributed by atoms with E-state index < -0.39 is 7.26 Å². The summed E-state index contributed by atoms with van der Waals surface area (Å²) in [5, 5.41) is 8.02. The van der Waals surface area contributed by atoms with Gasteiger partial charge in [-0.15, -0.1) is 0 Å². The van der Waals surface area contributed by atoms with E-state index in [-0.39, 0.29) is 41.4 Å². The molecule has 1 nitrogen and oxygen atoms in total. The molecule has 0 fully saturated rings. The fraction of sp³-hybridized carbons (Fsp3) is 0. The van der Waals surface area contributed by atoms with Crippen LogP contribution in [0.4, 0.5) is 0 Å². The molecule has 1 aromatic heterocycles. The Bertz CT molecular complexity index is 1760. The van der Waals surface area contributed by atoms with Gasteiger partial charge in [0.15, 0.2) is 0 Å². The van der Waals surface area contributed by atoms with Crippen molar-refractivity contribution in [3.05, 3.63) is 164 Å². The monoisotopic (exact) mass is 707 g/mol. The Morgan fingerprint density at radius 3 is 1.32 bits per heavy atom. The molecule has 40 heavy (non-hydrogen) atoms. The third kappa shape index (κ3) is 4.63. The summed E-state index contributed by atoms with van der Waals surface area (Å²) in [6, 6.07) is 59.9. The Kier molecular flexibility index (Phi) is 8.62. The molecular formula is C36H30BrNPSb. The predicted octanol–water partition coefficient (Wildman–Crippen LogP) is 3.22. The Hall–Kier alpha value is -3.15. The van der Waals surface area contributed by atoms with Gasteiger partial charge in [0.25, 0.3) is 0 Å². The van der Waals surface area contributed by atoms with Gasteiger partial charge < -0.3 is 21.5 Å². The fourth-order valence-electron chi connectivity index (χ4n) is 5.87. The van der Waals surface area contributed by atoms with Gasteiger partial charge in [-0.25, -0.2) is 0 Å². The van der Waals surface area contributed by atoms with Crippen LogP contribution >= 0.6 is 7.26 Å². The molecule has 0 bridgehead atoms. The van der Waals surface area contributed by atoms with E-state index in [9.17, 15) is 0 Å².